The van der Waals surface area contributed by atoms with Gasteiger partial charge in [-0.25, -0.2) is 0 Å². The van der Waals surface area contributed by atoms with Crippen molar-refractivity contribution in [1.29, 1.82) is 0 Å². The van der Waals surface area contributed by atoms with Crippen molar-refractivity contribution in [2.24, 2.45) is 0 Å². The number of likely N-dealkylation sites (tertiary alicyclic amines) is 1. The summed E-state index contributed by atoms with van der Waals surface area (Å²) in [7, 11) is 3.88. The Bertz CT molecular complexity index is 733. The second kappa shape index (κ2) is 8.47. The van der Waals surface area contributed by atoms with Crippen molar-refractivity contribution >= 4 is 11.6 Å². The van der Waals surface area contributed by atoms with E-state index in [9.17, 15) is 4.79 Å². The fourth-order valence-corrected chi connectivity index (χ4v) is 3.59. The fraction of sp³-hybridized carbons (Fsp3) is 0.409. The lowest BCUT2D eigenvalue weighted by atomic mass is 10.0. The molecule has 1 aliphatic heterocycles. The monoisotopic (exact) mass is 351 g/mol. The first-order chi connectivity index (χ1) is 12.5. The van der Waals surface area contributed by atoms with Crippen LogP contribution in [0.1, 0.15) is 35.6 Å². The van der Waals surface area contributed by atoms with Gasteiger partial charge in [-0.1, -0.05) is 42.0 Å². The van der Waals surface area contributed by atoms with E-state index in [1.54, 1.807) is 0 Å². The minimum absolute atomic E-state index is 0.00262. The van der Waals surface area contributed by atoms with E-state index in [0.717, 1.165) is 17.8 Å². The molecule has 0 spiro atoms. The first-order valence-electron chi connectivity index (χ1n) is 9.38. The Morgan fingerprint density at radius 2 is 1.81 bits per heavy atom. The largest absolute Gasteiger partial charge is 0.324 e. The number of nitrogens with one attached hydrogen (secondary N) is 1. The van der Waals surface area contributed by atoms with E-state index in [-0.39, 0.29) is 11.9 Å². The van der Waals surface area contributed by atoms with Gasteiger partial charge in [-0.2, -0.15) is 0 Å². The van der Waals surface area contributed by atoms with Gasteiger partial charge in [0.2, 0.25) is 5.91 Å². The van der Waals surface area contributed by atoms with Crippen LogP contribution >= 0.6 is 0 Å². The molecule has 0 aromatic heterocycles. The molecule has 1 atom stereocenters. The number of nitrogens with zero attached hydrogens (tertiary/aromatic N) is 2. The summed E-state index contributed by atoms with van der Waals surface area (Å²) in [6, 6.07) is 16.1. The van der Waals surface area contributed by atoms with E-state index < -0.39 is 0 Å². The van der Waals surface area contributed by atoms with Crippen molar-refractivity contribution in [3.05, 3.63) is 65.2 Å². The van der Waals surface area contributed by atoms with E-state index in [4.69, 9.17) is 0 Å². The van der Waals surface area contributed by atoms with Crippen LogP contribution in [0.4, 0.5) is 5.69 Å². The van der Waals surface area contributed by atoms with Crippen molar-refractivity contribution in [2.45, 2.75) is 32.4 Å². The summed E-state index contributed by atoms with van der Waals surface area (Å²) in [5.74, 6) is -0.00262. The van der Waals surface area contributed by atoms with Crippen LogP contribution in [0.3, 0.4) is 0 Å². The van der Waals surface area contributed by atoms with Crippen LogP contribution in [-0.2, 0) is 11.3 Å². The molecule has 2 aromatic carbocycles. The van der Waals surface area contributed by atoms with Gasteiger partial charge in [-0.15, -0.1) is 0 Å². The Labute approximate surface area is 156 Å². The molecule has 1 amide bonds. The van der Waals surface area contributed by atoms with Crippen molar-refractivity contribution < 1.29 is 4.79 Å². The molecule has 1 saturated heterocycles. The van der Waals surface area contributed by atoms with Gasteiger partial charge in [0.1, 0.15) is 6.04 Å². The SMILES string of the molecule is Cc1ccc(C(C(=O)Nc2cccc(CN3CCCC3)c2)N(C)C)cc1. The average Bonchev–Trinajstić information content (AvgIpc) is 3.10. The molecule has 0 radical (unpaired) electrons. The summed E-state index contributed by atoms with van der Waals surface area (Å²) in [6.07, 6.45) is 2.58. The lowest BCUT2D eigenvalue weighted by molar-refractivity contribution is -0.120. The molecule has 4 heteroatoms. The number of likely N-dealkylation sites (N-methyl/N-ethyl adjacent to an activating group) is 1. The standard InChI is InChI=1S/C22H29N3O/c1-17-9-11-19(12-10-17)21(24(2)3)22(26)23-20-8-6-7-18(15-20)16-25-13-4-5-14-25/h6-12,15,21H,4-5,13-14,16H2,1-3H3,(H,23,26). The highest BCUT2D eigenvalue weighted by molar-refractivity contribution is 5.95. The van der Waals surface area contributed by atoms with Crippen LogP contribution in [0.25, 0.3) is 0 Å². The maximum absolute atomic E-state index is 12.9. The molecule has 138 valence electrons. The lowest BCUT2D eigenvalue weighted by Crippen LogP contribution is -2.32. The van der Waals surface area contributed by atoms with Gasteiger partial charge in [-0.3, -0.25) is 14.6 Å². The quantitative estimate of drug-likeness (QED) is 0.859. The number of carbonyl (C=O) groups is 1. The molecule has 3 rings (SSSR count). The molecule has 1 unspecified atom stereocenters. The molecule has 1 heterocycles. The number of anilines is 1. The fourth-order valence-electron chi connectivity index (χ4n) is 3.59. The topological polar surface area (TPSA) is 35.6 Å². The number of aryl methyl sites for hydroxylation is 1. The van der Waals surface area contributed by atoms with E-state index in [1.165, 1.54) is 37.1 Å². The van der Waals surface area contributed by atoms with Crippen LogP contribution < -0.4 is 5.32 Å². The van der Waals surface area contributed by atoms with Crippen molar-refractivity contribution in [2.75, 3.05) is 32.5 Å². The van der Waals surface area contributed by atoms with Gasteiger partial charge >= 0.3 is 0 Å². The van der Waals surface area contributed by atoms with Gasteiger partial charge in [0.05, 0.1) is 0 Å². The van der Waals surface area contributed by atoms with Crippen LogP contribution in [0.2, 0.25) is 0 Å². The molecule has 0 saturated carbocycles. The molecule has 1 N–H and O–H groups in total. The van der Waals surface area contributed by atoms with E-state index in [1.807, 2.05) is 43.3 Å². The number of hydrogen-bond acceptors (Lipinski definition) is 3. The Morgan fingerprint density at radius 1 is 1.12 bits per heavy atom. The van der Waals surface area contributed by atoms with Crippen molar-refractivity contribution in [3.63, 3.8) is 0 Å². The third-order valence-corrected chi connectivity index (χ3v) is 4.96. The number of amides is 1. The average molecular weight is 351 g/mol. The Balaban J connectivity index is 1.71. The highest BCUT2D eigenvalue weighted by Crippen LogP contribution is 2.22. The summed E-state index contributed by atoms with van der Waals surface area (Å²) in [4.78, 5) is 17.4. The van der Waals surface area contributed by atoms with Crippen LogP contribution in [0.5, 0.6) is 0 Å². The van der Waals surface area contributed by atoms with Gasteiger partial charge < -0.3 is 5.32 Å². The zero-order valence-electron chi connectivity index (χ0n) is 16.0. The first-order valence-corrected chi connectivity index (χ1v) is 9.38. The molecule has 0 bridgehead atoms. The third-order valence-electron chi connectivity index (χ3n) is 4.96. The summed E-state index contributed by atoms with van der Waals surface area (Å²) in [5.41, 5.74) is 4.32. The van der Waals surface area contributed by atoms with Gasteiger partial charge in [0, 0.05) is 12.2 Å². The smallest absolute Gasteiger partial charge is 0.246 e. The lowest BCUT2D eigenvalue weighted by Gasteiger charge is -2.24. The Kier molecular flexibility index (Phi) is 6.07. The third kappa shape index (κ3) is 4.71. The zero-order valence-corrected chi connectivity index (χ0v) is 16.0. The molecule has 1 fully saturated rings. The predicted octanol–water partition coefficient (Wildman–Crippen LogP) is 3.83. The Hall–Kier alpha value is -2.17. The molecular formula is C22H29N3O. The summed E-state index contributed by atoms with van der Waals surface area (Å²) in [5, 5.41) is 3.10. The van der Waals surface area contributed by atoms with Gasteiger partial charge in [0.15, 0.2) is 0 Å². The second-order valence-corrected chi connectivity index (χ2v) is 7.45. The molecule has 26 heavy (non-hydrogen) atoms. The normalized spacial score (nSPS) is 16.0. The van der Waals surface area contributed by atoms with Crippen LogP contribution in [-0.4, -0.2) is 42.9 Å². The summed E-state index contributed by atoms with van der Waals surface area (Å²) < 4.78 is 0. The number of hydrogen-bond donors (Lipinski definition) is 1. The number of carbonyl (C=O) groups excluding carboxylic acids is 1. The second-order valence-electron chi connectivity index (χ2n) is 7.45. The first kappa shape index (κ1) is 18.6. The van der Waals surface area contributed by atoms with Gasteiger partial charge in [-0.05, 0) is 70.2 Å². The van der Waals surface area contributed by atoms with E-state index in [2.05, 4.69) is 41.4 Å². The van der Waals surface area contributed by atoms with Crippen LogP contribution in [0, 0.1) is 6.92 Å². The molecule has 0 aliphatic carbocycles. The number of rotatable bonds is 6. The van der Waals surface area contributed by atoms with E-state index in [0.29, 0.717) is 0 Å². The molecule has 1 aliphatic rings. The Morgan fingerprint density at radius 3 is 2.46 bits per heavy atom. The summed E-state index contributed by atoms with van der Waals surface area (Å²) >= 11 is 0. The van der Waals surface area contributed by atoms with Crippen molar-refractivity contribution in [1.82, 2.24) is 9.80 Å². The summed E-state index contributed by atoms with van der Waals surface area (Å²) in [6.45, 7) is 5.36. The van der Waals surface area contributed by atoms with Gasteiger partial charge in [0.25, 0.3) is 0 Å². The zero-order chi connectivity index (χ0) is 18.5. The minimum atomic E-state index is -0.308. The minimum Gasteiger partial charge on any atom is -0.324 e. The van der Waals surface area contributed by atoms with Crippen molar-refractivity contribution in [3.8, 4) is 0 Å². The van der Waals surface area contributed by atoms with Crippen LogP contribution in [0.15, 0.2) is 48.5 Å². The highest BCUT2D eigenvalue weighted by Gasteiger charge is 2.23. The molecular weight excluding hydrogens is 322 g/mol. The maximum Gasteiger partial charge on any atom is 0.246 e. The van der Waals surface area contributed by atoms with E-state index >= 15 is 0 Å². The predicted molar refractivity (Wildman–Crippen MR) is 107 cm³/mol. The maximum atomic E-state index is 12.9. The highest BCUT2D eigenvalue weighted by atomic mass is 16.2. The number of benzene rings is 2. The molecule has 4 nitrogen and oxygen atoms in total. The molecule has 2 aromatic rings.